The third kappa shape index (κ3) is 1.27. The predicted octanol–water partition coefficient (Wildman–Crippen LogP) is 2.42. The molecule has 1 aromatic carbocycles. The summed E-state index contributed by atoms with van der Waals surface area (Å²) in [5.41, 5.74) is 5.82. The lowest BCUT2D eigenvalue weighted by atomic mass is 9.99. The van der Waals surface area contributed by atoms with Crippen molar-refractivity contribution in [1.29, 1.82) is 0 Å². The van der Waals surface area contributed by atoms with Crippen LogP contribution in [0.5, 0.6) is 0 Å². The van der Waals surface area contributed by atoms with E-state index in [0.29, 0.717) is 0 Å². The average molecular weight is 242 g/mol. The lowest BCUT2D eigenvalue weighted by Crippen LogP contribution is -2.35. The van der Waals surface area contributed by atoms with Gasteiger partial charge in [-0.3, -0.25) is 4.79 Å². The molecule has 0 bridgehead atoms. The molecule has 0 aliphatic carbocycles. The van der Waals surface area contributed by atoms with Crippen molar-refractivity contribution in [3.8, 4) is 0 Å². The summed E-state index contributed by atoms with van der Waals surface area (Å²) in [6.07, 6.45) is 0.958. The maximum Gasteiger partial charge on any atom is 0.270 e. The summed E-state index contributed by atoms with van der Waals surface area (Å²) in [5.74, 6) is 0.147. The van der Waals surface area contributed by atoms with Crippen LogP contribution in [0, 0.1) is 13.8 Å². The number of carbonyl (C=O) groups is 1. The number of nitrogens with zero attached hydrogens (tertiary/aromatic N) is 2. The van der Waals surface area contributed by atoms with E-state index in [-0.39, 0.29) is 5.91 Å². The molecule has 1 aliphatic rings. The Balaban J connectivity index is 2.47. The predicted molar refractivity (Wildman–Crippen MR) is 73.1 cm³/mol. The van der Waals surface area contributed by atoms with Crippen molar-refractivity contribution in [1.82, 2.24) is 9.47 Å². The molecule has 2 aromatic rings. The molecule has 3 nitrogen and oxygen atoms in total. The molecule has 3 rings (SSSR count). The number of hydrogen-bond donors (Lipinski definition) is 0. The van der Waals surface area contributed by atoms with Crippen molar-refractivity contribution in [2.75, 3.05) is 13.6 Å². The average Bonchev–Trinajstić information content (AvgIpc) is 2.64. The minimum Gasteiger partial charge on any atom is -0.340 e. The molecule has 0 N–H and O–H groups in total. The number of aromatic nitrogens is 1. The minimum absolute atomic E-state index is 0.147. The molecule has 0 spiro atoms. The van der Waals surface area contributed by atoms with E-state index >= 15 is 0 Å². The smallest absolute Gasteiger partial charge is 0.270 e. The summed E-state index contributed by atoms with van der Waals surface area (Å²) in [6.45, 7) is 5.06. The first-order chi connectivity index (χ1) is 8.52. The minimum atomic E-state index is 0.147. The Bertz CT molecular complexity index is 667. The van der Waals surface area contributed by atoms with Crippen LogP contribution in [0.25, 0.3) is 10.9 Å². The molecule has 1 amide bonds. The van der Waals surface area contributed by atoms with Gasteiger partial charge in [0.25, 0.3) is 5.91 Å². The van der Waals surface area contributed by atoms with E-state index in [4.69, 9.17) is 0 Å². The highest BCUT2D eigenvalue weighted by Gasteiger charge is 2.28. The molecule has 0 saturated carbocycles. The van der Waals surface area contributed by atoms with Crippen molar-refractivity contribution in [3.63, 3.8) is 0 Å². The van der Waals surface area contributed by atoms with Crippen LogP contribution in [-0.4, -0.2) is 29.0 Å². The number of benzene rings is 1. The molecule has 1 aromatic heterocycles. The first kappa shape index (κ1) is 11.3. The Morgan fingerprint density at radius 3 is 2.50 bits per heavy atom. The van der Waals surface area contributed by atoms with Gasteiger partial charge in [-0.1, -0.05) is 12.1 Å². The monoisotopic (exact) mass is 242 g/mol. The molecule has 94 valence electrons. The second-order valence-corrected chi connectivity index (χ2v) is 5.29. The van der Waals surface area contributed by atoms with Crippen LogP contribution in [-0.2, 0) is 13.5 Å². The fourth-order valence-corrected chi connectivity index (χ4v) is 3.12. The van der Waals surface area contributed by atoms with E-state index in [9.17, 15) is 4.79 Å². The number of carbonyl (C=O) groups excluding carboxylic acids is 1. The van der Waals surface area contributed by atoms with Crippen LogP contribution in [0.15, 0.2) is 12.1 Å². The van der Waals surface area contributed by atoms with Gasteiger partial charge < -0.3 is 9.47 Å². The van der Waals surface area contributed by atoms with Crippen LogP contribution >= 0.6 is 0 Å². The molecule has 0 unspecified atom stereocenters. The summed E-state index contributed by atoms with van der Waals surface area (Å²) in [5, 5.41) is 1.29. The van der Waals surface area contributed by atoms with Crippen molar-refractivity contribution in [2.24, 2.45) is 7.05 Å². The Morgan fingerprint density at radius 2 is 1.78 bits per heavy atom. The molecule has 1 aliphatic heterocycles. The van der Waals surface area contributed by atoms with Crippen molar-refractivity contribution in [3.05, 3.63) is 34.5 Å². The topological polar surface area (TPSA) is 25.2 Å². The van der Waals surface area contributed by atoms with E-state index in [1.807, 2.05) is 19.0 Å². The van der Waals surface area contributed by atoms with Crippen LogP contribution in [0.3, 0.4) is 0 Å². The van der Waals surface area contributed by atoms with Crippen LogP contribution < -0.4 is 0 Å². The molecule has 0 fully saturated rings. The number of rotatable bonds is 0. The number of likely N-dealkylation sites (N-methyl/N-ethyl adjacent to an activating group) is 1. The van der Waals surface area contributed by atoms with Gasteiger partial charge in [-0.05, 0) is 37.0 Å². The van der Waals surface area contributed by atoms with Crippen LogP contribution in [0.1, 0.15) is 27.2 Å². The molecule has 0 atom stereocenters. The zero-order valence-corrected chi connectivity index (χ0v) is 11.4. The summed E-state index contributed by atoms with van der Waals surface area (Å²) in [6, 6.07) is 4.29. The third-order valence-electron chi connectivity index (χ3n) is 4.09. The van der Waals surface area contributed by atoms with Gasteiger partial charge in [0.15, 0.2) is 0 Å². The van der Waals surface area contributed by atoms with Crippen LogP contribution in [0.2, 0.25) is 0 Å². The fraction of sp³-hybridized carbons (Fsp3) is 0.400. The molecule has 0 saturated heterocycles. The van der Waals surface area contributed by atoms with Gasteiger partial charge >= 0.3 is 0 Å². The van der Waals surface area contributed by atoms with Crippen LogP contribution in [0.4, 0.5) is 0 Å². The van der Waals surface area contributed by atoms with Crippen molar-refractivity contribution in [2.45, 2.75) is 20.3 Å². The van der Waals surface area contributed by atoms with E-state index in [2.05, 4.69) is 30.5 Å². The molecular weight excluding hydrogens is 224 g/mol. The standard InChI is InChI=1S/C15H18N2O/c1-9-5-6-10(2)13-12(9)11-7-8-16(3)15(18)14(11)17(13)4/h5-6H,7-8H2,1-4H3. The van der Waals surface area contributed by atoms with E-state index in [0.717, 1.165) is 18.7 Å². The quantitative estimate of drug-likeness (QED) is 0.696. The van der Waals surface area contributed by atoms with Gasteiger partial charge in [0, 0.05) is 26.0 Å². The number of hydrogen-bond acceptors (Lipinski definition) is 1. The van der Waals surface area contributed by atoms with Gasteiger partial charge in [0.2, 0.25) is 0 Å². The summed E-state index contributed by atoms with van der Waals surface area (Å²) in [7, 11) is 3.88. The van der Waals surface area contributed by atoms with E-state index in [1.165, 1.54) is 27.6 Å². The summed E-state index contributed by atoms with van der Waals surface area (Å²) >= 11 is 0. The second-order valence-electron chi connectivity index (χ2n) is 5.29. The number of aryl methyl sites for hydroxylation is 3. The summed E-state index contributed by atoms with van der Waals surface area (Å²) < 4.78 is 2.07. The zero-order valence-electron chi connectivity index (χ0n) is 11.4. The van der Waals surface area contributed by atoms with Crippen molar-refractivity contribution >= 4 is 16.8 Å². The Morgan fingerprint density at radius 1 is 1.11 bits per heavy atom. The third-order valence-corrected chi connectivity index (χ3v) is 4.09. The first-order valence-electron chi connectivity index (χ1n) is 6.35. The lowest BCUT2D eigenvalue weighted by Gasteiger charge is -2.23. The van der Waals surface area contributed by atoms with Gasteiger partial charge in [-0.15, -0.1) is 0 Å². The summed E-state index contributed by atoms with van der Waals surface area (Å²) in [4.78, 5) is 14.1. The number of fused-ring (bicyclic) bond motifs is 3. The molecule has 2 heterocycles. The highest BCUT2D eigenvalue weighted by atomic mass is 16.2. The Hall–Kier alpha value is -1.77. The Labute approximate surface area is 107 Å². The van der Waals surface area contributed by atoms with Crippen molar-refractivity contribution < 1.29 is 4.79 Å². The SMILES string of the molecule is Cc1ccc(C)c2c1c1c(n2C)C(=O)N(C)CC1. The molecule has 18 heavy (non-hydrogen) atoms. The maximum absolute atomic E-state index is 12.3. The van der Waals surface area contributed by atoms with Gasteiger partial charge in [0.1, 0.15) is 5.69 Å². The van der Waals surface area contributed by atoms with Gasteiger partial charge in [0.05, 0.1) is 5.52 Å². The van der Waals surface area contributed by atoms with E-state index < -0.39 is 0 Å². The maximum atomic E-state index is 12.3. The normalized spacial score (nSPS) is 15.3. The molecule has 0 radical (unpaired) electrons. The molecule has 3 heteroatoms. The largest absolute Gasteiger partial charge is 0.340 e. The van der Waals surface area contributed by atoms with E-state index in [1.54, 1.807) is 0 Å². The fourth-order valence-electron chi connectivity index (χ4n) is 3.12. The zero-order chi connectivity index (χ0) is 13.0. The number of amides is 1. The first-order valence-corrected chi connectivity index (χ1v) is 6.35. The highest BCUT2D eigenvalue weighted by Crippen LogP contribution is 2.33. The Kier molecular flexibility index (Phi) is 2.27. The lowest BCUT2D eigenvalue weighted by molar-refractivity contribution is 0.0771. The molecular formula is C15H18N2O. The second kappa shape index (κ2) is 3.61. The highest BCUT2D eigenvalue weighted by molar-refractivity contribution is 6.04. The van der Waals surface area contributed by atoms with Gasteiger partial charge in [-0.25, -0.2) is 0 Å². The van der Waals surface area contributed by atoms with Gasteiger partial charge in [-0.2, -0.15) is 0 Å².